The van der Waals surface area contributed by atoms with Crippen LogP contribution in [-0.2, 0) is 0 Å². The van der Waals surface area contributed by atoms with Crippen LogP contribution >= 0.6 is 0 Å². The topological polar surface area (TPSA) is 67.4 Å². The fourth-order valence-electron chi connectivity index (χ4n) is 1.11. The molecule has 0 aliphatic rings. The van der Waals surface area contributed by atoms with E-state index >= 15 is 0 Å². The van der Waals surface area contributed by atoms with Gasteiger partial charge >= 0.3 is 0 Å². The minimum absolute atomic E-state index is 0. The molecule has 69 valence electrons. The number of aromatic nitrogens is 4. The van der Waals surface area contributed by atoms with Crippen molar-refractivity contribution >= 4 is 5.69 Å². The van der Waals surface area contributed by atoms with Crippen molar-refractivity contribution in [2.75, 3.05) is 0 Å². The Morgan fingerprint density at radius 3 is 2.71 bits per heavy atom. The van der Waals surface area contributed by atoms with Crippen molar-refractivity contribution in [2.45, 2.75) is 6.92 Å². The van der Waals surface area contributed by atoms with Crippen molar-refractivity contribution in [3.8, 4) is 5.69 Å². The molecule has 0 amide bonds. The number of hydrogen-bond acceptors (Lipinski definition) is 3. The van der Waals surface area contributed by atoms with E-state index < -0.39 is 0 Å². The Morgan fingerprint density at radius 1 is 1.36 bits per heavy atom. The van der Waals surface area contributed by atoms with Gasteiger partial charge in [0.05, 0.1) is 5.69 Å². The third kappa shape index (κ3) is 2.31. The van der Waals surface area contributed by atoms with Gasteiger partial charge in [0, 0.05) is 44.1 Å². The number of nitrogens with zero attached hydrogens (tertiary/aromatic N) is 4. The van der Waals surface area contributed by atoms with Crippen molar-refractivity contribution in [1.82, 2.24) is 20.2 Å². The molecule has 0 spiro atoms. The predicted octanol–water partition coefficient (Wildman–Crippen LogP) is 1.65. The van der Waals surface area contributed by atoms with Crippen LogP contribution in [0.15, 0.2) is 24.3 Å². The Hall–Kier alpha value is -0.468. The van der Waals surface area contributed by atoms with E-state index in [1.807, 2.05) is 13.0 Å². The van der Waals surface area contributed by atoms with E-state index in [9.17, 15) is 0 Å². The van der Waals surface area contributed by atoms with Crippen LogP contribution in [0.1, 0.15) is 5.82 Å². The maximum Gasteiger partial charge on any atom is 0.153 e. The second-order valence-electron chi connectivity index (χ2n) is 2.69. The number of nitrogens with one attached hydrogen (secondary N) is 1. The van der Waals surface area contributed by atoms with Gasteiger partial charge in [-0.1, -0.05) is 18.2 Å². The molecule has 0 saturated carbocycles. The molecule has 0 aliphatic heterocycles. The third-order valence-electron chi connectivity index (χ3n) is 1.72. The van der Waals surface area contributed by atoms with Gasteiger partial charge in [-0.15, -0.1) is 10.8 Å². The average Bonchev–Trinajstić information content (AvgIpc) is 2.51. The summed E-state index contributed by atoms with van der Waals surface area (Å²) in [7, 11) is 0. The molecule has 2 aromatic rings. The van der Waals surface area contributed by atoms with Crippen LogP contribution in [0, 0.1) is 51.0 Å². The maximum atomic E-state index is 7.43. The molecule has 0 saturated heterocycles. The SMILES string of the molecule is Cc1nnnn1-c1cccc([NH-])c1.[Ac]. The first-order valence-electron chi connectivity index (χ1n) is 3.84. The van der Waals surface area contributed by atoms with Gasteiger partial charge in [-0.05, 0) is 23.4 Å². The molecule has 0 aliphatic carbocycles. The second kappa shape index (κ2) is 4.85. The van der Waals surface area contributed by atoms with E-state index in [1.54, 1.807) is 22.9 Å². The molecule has 1 radical (unpaired) electrons. The Balaban J connectivity index is 0.000000980. The molecule has 1 N–H and O–H groups in total. The zero-order chi connectivity index (χ0) is 9.26. The maximum absolute atomic E-state index is 7.43. The smallest absolute Gasteiger partial charge is 0.153 e. The van der Waals surface area contributed by atoms with Gasteiger partial charge in [0.1, 0.15) is 0 Å². The molecule has 2 rings (SSSR count). The summed E-state index contributed by atoms with van der Waals surface area (Å²) in [4.78, 5) is 0. The standard InChI is InChI=1S/C8H8N5.Ac/c1-6-10-11-12-13(6)8-4-2-3-7(9)5-8;/h2-5,9H,1H3;/q-1;. The minimum Gasteiger partial charge on any atom is -0.699 e. The van der Waals surface area contributed by atoms with E-state index in [-0.39, 0.29) is 44.1 Å². The van der Waals surface area contributed by atoms with Crippen LogP contribution in [-0.4, -0.2) is 20.2 Å². The van der Waals surface area contributed by atoms with E-state index in [4.69, 9.17) is 5.73 Å². The quantitative estimate of drug-likeness (QED) is 0.730. The van der Waals surface area contributed by atoms with E-state index in [0.717, 1.165) is 5.69 Å². The molecule has 1 aromatic carbocycles. The van der Waals surface area contributed by atoms with Crippen LogP contribution < -0.4 is 0 Å². The summed E-state index contributed by atoms with van der Waals surface area (Å²) in [5.41, 5.74) is 8.69. The van der Waals surface area contributed by atoms with Gasteiger partial charge in [-0.3, -0.25) is 0 Å². The number of benzene rings is 1. The third-order valence-corrected chi connectivity index (χ3v) is 1.72. The number of hydrogen-bond donors (Lipinski definition) is 0. The fourth-order valence-corrected chi connectivity index (χ4v) is 1.11. The minimum atomic E-state index is 0. The number of tetrazole rings is 1. The Labute approximate surface area is 117 Å². The largest absolute Gasteiger partial charge is 0.699 e. The van der Waals surface area contributed by atoms with Crippen LogP contribution in [0.5, 0.6) is 0 Å². The van der Waals surface area contributed by atoms with Crippen LogP contribution in [0.25, 0.3) is 11.4 Å². The van der Waals surface area contributed by atoms with Crippen molar-refractivity contribution in [2.24, 2.45) is 0 Å². The summed E-state index contributed by atoms with van der Waals surface area (Å²) in [6.07, 6.45) is 0. The molecule has 0 fully saturated rings. The Bertz CT molecular complexity index is 425. The second-order valence-corrected chi connectivity index (χ2v) is 2.69. The van der Waals surface area contributed by atoms with Gasteiger partial charge in [0.25, 0.3) is 0 Å². The molecule has 0 bridgehead atoms. The van der Waals surface area contributed by atoms with Gasteiger partial charge in [0.2, 0.25) is 0 Å². The van der Waals surface area contributed by atoms with Crippen molar-refractivity contribution in [3.05, 3.63) is 35.8 Å². The molecular weight excluding hydrogens is 393 g/mol. The summed E-state index contributed by atoms with van der Waals surface area (Å²) in [5, 5.41) is 11.1. The summed E-state index contributed by atoms with van der Waals surface area (Å²) in [6, 6.07) is 7.09. The molecule has 1 aromatic heterocycles. The molecule has 14 heavy (non-hydrogen) atoms. The van der Waals surface area contributed by atoms with Gasteiger partial charge in [0.15, 0.2) is 5.82 Å². The van der Waals surface area contributed by atoms with Crippen molar-refractivity contribution in [1.29, 1.82) is 0 Å². The van der Waals surface area contributed by atoms with Gasteiger partial charge in [-0.25, -0.2) is 0 Å². The summed E-state index contributed by atoms with van der Waals surface area (Å²) in [5.74, 6) is 0.714. The van der Waals surface area contributed by atoms with E-state index in [0.29, 0.717) is 11.5 Å². The monoisotopic (exact) mass is 401 g/mol. The molecule has 0 unspecified atom stereocenters. The zero-order valence-electron chi connectivity index (χ0n) is 7.68. The van der Waals surface area contributed by atoms with Gasteiger partial charge in [-0.2, -0.15) is 4.68 Å². The molecule has 5 nitrogen and oxygen atoms in total. The molecular formula is C8H8AcN5-. The fraction of sp³-hybridized carbons (Fsp3) is 0.125. The van der Waals surface area contributed by atoms with Crippen LogP contribution in [0.2, 0.25) is 0 Å². The van der Waals surface area contributed by atoms with Crippen molar-refractivity contribution < 1.29 is 44.1 Å². The van der Waals surface area contributed by atoms with Crippen molar-refractivity contribution in [3.63, 3.8) is 0 Å². The van der Waals surface area contributed by atoms with Gasteiger partial charge < -0.3 is 5.73 Å². The zero-order valence-corrected chi connectivity index (χ0v) is 12.4. The summed E-state index contributed by atoms with van der Waals surface area (Å²) >= 11 is 0. The molecule has 6 heteroatoms. The normalized spacial score (nSPS) is 9.50. The average molecular weight is 401 g/mol. The first kappa shape index (κ1) is 11.6. The van der Waals surface area contributed by atoms with E-state index in [2.05, 4.69) is 15.5 Å². The van der Waals surface area contributed by atoms with E-state index in [1.165, 1.54) is 0 Å². The summed E-state index contributed by atoms with van der Waals surface area (Å²) < 4.78 is 1.60. The molecule has 1 heterocycles. The predicted molar refractivity (Wildman–Crippen MR) is 47.9 cm³/mol. The Morgan fingerprint density at radius 2 is 2.14 bits per heavy atom. The first-order valence-corrected chi connectivity index (χ1v) is 3.84. The first-order chi connectivity index (χ1) is 6.27. The Kier molecular flexibility index (Phi) is 4.02. The summed E-state index contributed by atoms with van der Waals surface area (Å²) in [6.45, 7) is 1.82. The van der Waals surface area contributed by atoms with Crippen LogP contribution in [0.3, 0.4) is 0 Å². The number of rotatable bonds is 1. The number of aryl methyl sites for hydroxylation is 1. The van der Waals surface area contributed by atoms with Crippen LogP contribution in [0.4, 0.5) is 5.69 Å². The molecule has 0 atom stereocenters.